The molecule has 2 rings (SSSR count). The van der Waals surface area contributed by atoms with E-state index in [2.05, 4.69) is 0 Å². The number of carbonyl (C=O) groups is 1. The van der Waals surface area contributed by atoms with Gasteiger partial charge < -0.3 is 9.94 Å². The van der Waals surface area contributed by atoms with E-state index in [1.54, 1.807) is 19.9 Å². The average molecular weight is 232 g/mol. The molecule has 0 aliphatic carbocycles. The highest BCUT2D eigenvalue weighted by atomic mass is 16.5. The summed E-state index contributed by atoms with van der Waals surface area (Å²) in [7, 11) is 0. The molecule has 1 heterocycles. The number of hydrogen-bond acceptors (Lipinski definition) is 3. The Labute approximate surface area is 97.5 Å². The quantitative estimate of drug-likeness (QED) is 0.555. The molecular weight excluding hydrogens is 220 g/mol. The maximum atomic E-state index is 11.9. The summed E-state index contributed by atoms with van der Waals surface area (Å²) in [6, 6.07) is 4.50. The monoisotopic (exact) mass is 232 g/mol. The molecule has 0 N–H and O–H groups in total. The molecule has 0 fully saturated rings. The molecule has 5 nitrogen and oxygen atoms in total. The molecule has 17 heavy (non-hydrogen) atoms. The number of benzene rings is 1. The summed E-state index contributed by atoms with van der Waals surface area (Å²) in [5, 5.41) is 11.9. The zero-order chi connectivity index (χ0) is 12.7. The number of hydrogen-bond donors (Lipinski definition) is 0. The van der Waals surface area contributed by atoms with Crippen LogP contribution >= 0.6 is 0 Å². The second kappa shape index (κ2) is 3.69. The fourth-order valence-corrected chi connectivity index (χ4v) is 1.73. The molecule has 0 atom stereocenters. The lowest BCUT2D eigenvalue weighted by atomic mass is 10.1. The van der Waals surface area contributed by atoms with Crippen molar-refractivity contribution in [1.82, 2.24) is 4.73 Å². The van der Waals surface area contributed by atoms with Gasteiger partial charge in [0.25, 0.3) is 11.2 Å². The predicted octanol–water partition coefficient (Wildman–Crippen LogP) is 1.72. The standard InChI is InChI=1S/C12H12N2O3/c1-7-8(2)14(17)12-6-10(9(3)15)4-5-11(12)13(7)16/h4-6H,1-3H3. The molecule has 0 amide bonds. The van der Waals surface area contributed by atoms with Gasteiger partial charge in [0.2, 0.25) is 0 Å². The van der Waals surface area contributed by atoms with Gasteiger partial charge in [-0.05, 0) is 26.0 Å². The third-order valence-electron chi connectivity index (χ3n) is 2.95. The summed E-state index contributed by atoms with van der Waals surface area (Å²) < 4.78 is 1.40. The fourth-order valence-electron chi connectivity index (χ4n) is 1.73. The van der Waals surface area contributed by atoms with Gasteiger partial charge in [-0.25, -0.2) is 0 Å². The Kier molecular flexibility index (Phi) is 2.46. The summed E-state index contributed by atoms with van der Waals surface area (Å²) in [6.45, 7) is 4.59. The minimum atomic E-state index is -0.137. The van der Waals surface area contributed by atoms with Crippen LogP contribution in [0.25, 0.3) is 11.0 Å². The normalized spacial score (nSPS) is 10.8. The summed E-state index contributed by atoms with van der Waals surface area (Å²) >= 11 is 0. The highest BCUT2D eigenvalue weighted by molar-refractivity contribution is 5.96. The molecule has 1 aromatic carbocycles. The van der Waals surface area contributed by atoms with Crippen molar-refractivity contribution in [1.29, 1.82) is 0 Å². The smallest absolute Gasteiger partial charge is 0.286 e. The lowest BCUT2D eigenvalue weighted by Crippen LogP contribution is -2.24. The second-order valence-corrected chi connectivity index (χ2v) is 4.02. The number of carbonyl (C=O) groups excluding carboxylic acids is 1. The van der Waals surface area contributed by atoms with E-state index in [-0.39, 0.29) is 16.8 Å². The molecule has 0 saturated carbocycles. The van der Waals surface area contributed by atoms with Crippen LogP contribution < -0.4 is 4.43 Å². The van der Waals surface area contributed by atoms with Crippen molar-refractivity contribution in [3.8, 4) is 0 Å². The van der Waals surface area contributed by atoms with Crippen LogP contribution in [0.15, 0.2) is 18.2 Å². The van der Waals surface area contributed by atoms with Crippen LogP contribution in [-0.4, -0.2) is 10.5 Å². The summed E-state index contributed by atoms with van der Waals surface area (Å²) in [6.07, 6.45) is 0. The first-order valence-corrected chi connectivity index (χ1v) is 5.20. The highest BCUT2D eigenvalue weighted by Crippen LogP contribution is 2.15. The molecule has 0 saturated heterocycles. The fraction of sp³-hybridized carbons (Fsp3) is 0.250. The SMILES string of the molecule is CC(=O)c1ccc2c(c1)n([O-])c(C)c(C)[n+]2=O. The van der Waals surface area contributed by atoms with Crippen molar-refractivity contribution < 1.29 is 9.22 Å². The first kappa shape index (κ1) is 11.3. The number of nitrogens with zero attached hydrogens (tertiary/aromatic N) is 2. The van der Waals surface area contributed by atoms with E-state index in [9.17, 15) is 14.9 Å². The van der Waals surface area contributed by atoms with E-state index in [0.29, 0.717) is 26.1 Å². The van der Waals surface area contributed by atoms with Gasteiger partial charge in [-0.1, -0.05) is 0 Å². The molecule has 88 valence electrons. The number of ketones is 1. The van der Waals surface area contributed by atoms with Crippen LogP contribution in [0.5, 0.6) is 0 Å². The second-order valence-electron chi connectivity index (χ2n) is 4.02. The zero-order valence-corrected chi connectivity index (χ0v) is 9.85. The Balaban J connectivity index is 2.97. The van der Waals surface area contributed by atoms with Crippen molar-refractivity contribution in [2.75, 3.05) is 0 Å². The van der Waals surface area contributed by atoms with E-state index < -0.39 is 0 Å². The van der Waals surface area contributed by atoms with Gasteiger partial charge in [-0.3, -0.25) is 4.79 Å². The molecule has 0 aliphatic rings. The first-order valence-electron chi connectivity index (χ1n) is 5.20. The third kappa shape index (κ3) is 1.60. The lowest BCUT2D eigenvalue weighted by Gasteiger charge is -2.15. The molecule has 2 aromatic rings. The van der Waals surface area contributed by atoms with Gasteiger partial charge in [-0.2, -0.15) is 0 Å². The maximum Gasteiger partial charge on any atom is 0.286 e. The summed E-state index contributed by atoms with van der Waals surface area (Å²) in [5.41, 5.74) is 1.62. The number of fused-ring (bicyclic) bond motifs is 1. The minimum Gasteiger partial charge on any atom is -0.805 e. The average Bonchev–Trinajstić information content (AvgIpc) is 2.32. The van der Waals surface area contributed by atoms with E-state index in [1.165, 1.54) is 19.1 Å². The molecule has 0 spiro atoms. The van der Waals surface area contributed by atoms with Gasteiger partial charge in [0, 0.05) is 23.5 Å². The molecule has 0 bridgehead atoms. The van der Waals surface area contributed by atoms with Crippen LogP contribution in [0.2, 0.25) is 0 Å². The van der Waals surface area contributed by atoms with Gasteiger partial charge in [0.15, 0.2) is 5.78 Å². The van der Waals surface area contributed by atoms with Crippen LogP contribution in [0, 0.1) is 24.0 Å². The number of Topliss-reactive ketones (excluding diaryl/α,β-unsaturated/α-hetero) is 1. The number of aromatic nitrogens is 2. The molecular formula is C12H12N2O3. The van der Waals surface area contributed by atoms with E-state index in [1.807, 2.05) is 0 Å². The third-order valence-corrected chi connectivity index (χ3v) is 2.95. The van der Waals surface area contributed by atoms with Gasteiger partial charge in [0.05, 0.1) is 10.1 Å². The van der Waals surface area contributed by atoms with Gasteiger partial charge in [0.1, 0.15) is 5.52 Å². The largest absolute Gasteiger partial charge is 0.805 e. The van der Waals surface area contributed by atoms with Gasteiger partial charge >= 0.3 is 0 Å². The summed E-state index contributed by atoms with van der Waals surface area (Å²) in [5.74, 6) is -0.137. The predicted molar refractivity (Wildman–Crippen MR) is 63.5 cm³/mol. The lowest BCUT2D eigenvalue weighted by molar-refractivity contribution is -0.473. The Morgan fingerprint density at radius 2 is 2.00 bits per heavy atom. The Morgan fingerprint density at radius 3 is 2.59 bits per heavy atom. The molecule has 5 heteroatoms. The van der Waals surface area contributed by atoms with Crippen molar-refractivity contribution in [2.45, 2.75) is 20.8 Å². The highest BCUT2D eigenvalue weighted by Gasteiger charge is 2.16. The van der Waals surface area contributed by atoms with E-state index in [0.717, 1.165) is 0 Å². The van der Waals surface area contributed by atoms with Gasteiger partial charge in [-0.15, -0.1) is 0 Å². The zero-order valence-electron chi connectivity index (χ0n) is 9.85. The minimum absolute atomic E-state index is 0.137. The van der Waals surface area contributed by atoms with E-state index in [4.69, 9.17) is 0 Å². The van der Waals surface area contributed by atoms with Crippen molar-refractivity contribution >= 4 is 16.8 Å². The molecule has 0 unspecified atom stereocenters. The molecule has 0 radical (unpaired) electrons. The first-order chi connectivity index (χ1) is 7.93. The summed E-state index contributed by atoms with van der Waals surface area (Å²) in [4.78, 5) is 23.1. The Bertz CT molecular complexity index is 686. The molecule has 0 aliphatic heterocycles. The van der Waals surface area contributed by atoms with Crippen LogP contribution in [-0.2, 0) is 0 Å². The Morgan fingerprint density at radius 1 is 1.35 bits per heavy atom. The van der Waals surface area contributed by atoms with E-state index >= 15 is 0 Å². The van der Waals surface area contributed by atoms with Crippen LogP contribution in [0.3, 0.4) is 0 Å². The van der Waals surface area contributed by atoms with Crippen LogP contribution in [0.1, 0.15) is 28.7 Å². The van der Waals surface area contributed by atoms with Crippen LogP contribution in [0.4, 0.5) is 0 Å². The topological polar surface area (TPSA) is 68.0 Å². The number of rotatable bonds is 1. The van der Waals surface area contributed by atoms with Crippen molar-refractivity contribution in [2.24, 2.45) is 0 Å². The van der Waals surface area contributed by atoms with Crippen molar-refractivity contribution in [3.05, 3.63) is 45.3 Å². The Hall–Kier alpha value is -2.17. The maximum absolute atomic E-state index is 11.9. The molecule has 1 aromatic heterocycles. The van der Waals surface area contributed by atoms with Crippen molar-refractivity contribution in [3.63, 3.8) is 0 Å².